The van der Waals surface area contributed by atoms with E-state index in [0.29, 0.717) is 23.6 Å². The number of halogens is 2. The molecule has 0 heterocycles. The van der Waals surface area contributed by atoms with Crippen LogP contribution in [0.4, 0.5) is 15.8 Å². The van der Waals surface area contributed by atoms with Gasteiger partial charge in [-0.1, -0.05) is 40.2 Å². The molecule has 2 amide bonds. The molecule has 0 fully saturated rings. The Labute approximate surface area is 176 Å². The second-order valence-electron chi connectivity index (χ2n) is 6.24. The van der Waals surface area contributed by atoms with Crippen LogP contribution in [0.15, 0.2) is 71.2 Å². The van der Waals surface area contributed by atoms with Crippen molar-refractivity contribution < 1.29 is 18.7 Å². The number of hydrogen-bond acceptors (Lipinski definition) is 3. The van der Waals surface area contributed by atoms with E-state index in [1.54, 1.807) is 24.3 Å². The summed E-state index contributed by atoms with van der Waals surface area (Å²) in [5.74, 6) is -0.973. The highest BCUT2D eigenvalue weighted by Gasteiger charge is 2.14. The third-order valence-corrected chi connectivity index (χ3v) is 4.44. The molecule has 0 unspecified atom stereocenters. The van der Waals surface area contributed by atoms with Crippen molar-refractivity contribution >= 4 is 39.1 Å². The maximum Gasteiger partial charge on any atom is 0.259 e. The fourth-order valence-electron chi connectivity index (χ4n) is 2.65. The minimum absolute atomic E-state index is 0.00510. The number of anilines is 2. The molecule has 5 nitrogen and oxygen atoms in total. The van der Waals surface area contributed by atoms with Crippen molar-refractivity contribution in [2.75, 3.05) is 10.6 Å². The highest BCUT2D eigenvalue weighted by atomic mass is 79.9. The summed E-state index contributed by atoms with van der Waals surface area (Å²) in [6.45, 7) is 1.58. The Hall–Kier alpha value is -3.19. The molecule has 0 atom stereocenters. The van der Waals surface area contributed by atoms with Gasteiger partial charge in [-0.3, -0.25) is 9.59 Å². The van der Waals surface area contributed by atoms with Gasteiger partial charge in [0.2, 0.25) is 5.91 Å². The first-order valence-corrected chi connectivity index (χ1v) is 9.56. The van der Waals surface area contributed by atoms with Crippen LogP contribution < -0.4 is 15.4 Å². The molecular formula is C22H18BrFN2O3. The molecule has 2 N–H and O–H groups in total. The van der Waals surface area contributed by atoms with Crippen LogP contribution in [0.5, 0.6) is 5.75 Å². The Morgan fingerprint density at radius 3 is 2.55 bits per heavy atom. The van der Waals surface area contributed by atoms with Gasteiger partial charge in [-0.15, -0.1) is 0 Å². The van der Waals surface area contributed by atoms with Gasteiger partial charge in [-0.2, -0.15) is 0 Å². The molecular weight excluding hydrogens is 439 g/mol. The summed E-state index contributed by atoms with van der Waals surface area (Å²) in [6, 6.07) is 18.5. The van der Waals surface area contributed by atoms with E-state index in [4.69, 9.17) is 4.74 Å². The molecule has 7 heteroatoms. The summed E-state index contributed by atoms with van der Waals surface area (Å²) in [5, 5.41) is 5.09. The van der Waals surface area contributed by atoms with Crippen LogP contribution in [-0.4, -0.2) is 11.8 Å². The first-order valence-electron chi connectivity index (χ1n) is 8.77. The molecule has 148 valence electrons. The average molecular weight is 457 g/mol. The molecule has 0 bridgehead atoms. The van der Waals surface area contributed by atoms with Crippen molar-refractivity contribution in [2.24, 2.45) is 0 Å². The second-order valence-corrected chi connectivity index (χ2v) is 7.16. The van der Waals surface area contributed by atoms with Gasteiger partial charge in [0.15, 0.2) is 0 Å². The van der Waals surface area contributed by atoms with Gasteiger partial charge in [0.1, 0.15) is 18.2 Å². The van der Waals surface area contributed by atoms with Gasteiger partial charge in [-0.25, -0.2) is 4.39 Å². The molecule has 0 aliphatic carbocycles. The van der Waals surface area contributed by atoms with E-state index in [0.717, 1.165) is 10.0 Å². The zero-order valence-electron chi connectivity index (χ0n) is 15.5. The van der Waals surface area contributed by atoms with Crippen molar-refractivity contribution in [1.29, 1.82) is 0 Å². The molecule has 0 radical (unpaired) electrons. The predicted molar refractivity (Wildman–Crippen MR) is 114 cm³/mol. The van der Waals surface area contributed by atoms with Crippen molar-refractivity contribution in [3.05, 3.63) is 88.1 Å². The van der Waals surface area contributed by atoms with Crippen molar-refractivity contribution in [2.45, 2.75) is 13.5 Å². The fourth-order valence-corrected chi connectivity index (χ4v) is 3.10. The van der Waals surface area contributed by atoms with E-state index >= 15 is 0 Å². The zero-order chi connectivity index (χ0) is 20.8. The first kappa shape index (κ1) is 20.5. The van der Waals surface area contributed by atoms with Crippen molar-refractivity contribution in [1.82, 2.24) is 0 Å². The maximum absolute atomic E-state index is 13.8. The molecule has 3 aromatic rings. The Morgan fingerprint density at radius 1 is 1.00 bits per heavy atom. The molecule has 3 rings (SSSR count). The lowest BCUT2D eigenvalue weighted by Crippen LogP contribution is -2.14. The fraction of sp³-hybridized carbons (Fsp3) is 0.0909. The summed E-state index contributed by atoms with van der Waals surface area (Å²) in [7, 11) is 0. The minimum atomic E-state index is -0.587. The normalized spacial score (nSPS) is 10.3. The van der Waals surface area contributed by atoms with E-state index in [2.05, 4.69) is 26.6 Å². The molecule has 29 heavy (non-hydrogen) atoms. The lowest BCUT2D eigenvalue weighted by molar-refractivity contribution is -0.114. The highest BCUT2D eigenvalue weighted by molar-refractivity contribution is 9.10. The van der Waals surface area contributed by atoms with Crippen LogP contribution in [0.3, 0.4) is 0 Å². The minimum Gasteiger partial charge on any atom is -0.488 e. The predicted octanol–water partition coefficient (Wildman–Crippen LogP) is 5.38. The number of hydrogen-bond donors (Lipinski definition) is 2. The van der Waals surface area contributed by atoms with E-state index in [1.165, 1.54) is 25.1 Å². The van der Waals surface area contributed by atoms with Gasteiger partial charge < -0.3 is 15.4 Å². The number of benzene rings is 3. The van der Waals surface area contributed by atoms with Crippen LogP contribution in [0.25, 0.3) is 0 Å². The largest absolute Gasteiger partial charge is 0.488 e. The molecule has 0 aromatic heterocycles. The van der Waals surface area contributed by atoms with Crippen LogP contribution in [0, 0.1) is 5.82 Å². The number of amides is 2. The van der Waals surface area contributed by atoms with Crippen LogP contribution in [0.1, 0.15) is 22.8 Å². The van der Waals surface area contributed by atoms with E-state index < -0.39 is 17.6 Å². The third kappa shape index (κ3) is 5.65. The maximum atomic E-state index is 13.8. The molecule has 3 aromatic carbocycles. The number of carbonyl (C=O) groups excluding carboxylic acids is 2. The van der Waals surface area contributed by atoms with Gasteiger partial charge in [0.25, 0.3) is 5.91 Å². The van der Waals surface area contributed by atoms with E-state index in [-0.39, 0.29) is 5.69 Å². The lowest BCUT2D eigenvalue weighted by Gasteiger charge is -2.13. The Balaban J connectivity index is 1.75. The van der Waals surface area contributed by atoms with Crippen LogP contribution >= 0.6 is 15.9 Å². The van der Waals surface area contributed by atoms with Gasteiger partial charge >= 0.3 is 0 Å². The van der Waals surface area contributed by atoms with Crippen molar-refractivity contribution in [3.8, 4) is 5.75 Å². The Kier molecular flexibility index (Phi) is 6.61. The quantitative estimate of drug-likeness (QED) is 0.523. The van der Waals surface area contributed by atoms with Crippen molar-refractivity contribution in [3.63, 3.8) is 0 Å². The first-order chi connectivity index (χ1) is 13.9. The highest BCUT2D eigenvalue weighted by Crippen LogP contribution is 2.24. The van der Waals surface area contributed by atoms with Gasteiger partial charge in [0, 0.05) is 17.1 Å². The average Bonchev–Trinajstić information content (AvgIpc) is 2.69. The summed E-state index contributed by atoms with van der Waals surface area (Å²) in [5.41, 5.74) is 1.64. The van der Waals surface area contributed by atoms with Crippen LogP contribution in [0.2, 0.25) is 0 Å². The molecule has 0 spiro atoms. The number of ether oxygens (including phenoxy) is 1. The summed E-state index contributed by atoms with van der Waals surface area (Å²) in [6.07, 6.45) is 0. The van der Waals surface area contributed by atoms with E-state index in [1.807, 2.05) is 24.3 Å². The summed E-state index contributed by atoms with van der Waals surface area (Å²) in [4.78, 5) is 23.9. The topological polar surface area (TPSA) is 67.4 Å². The monoisotopic (exact) mass is 456 g/mol. The smallest absolute Gasteiger partial charge is 0.259 e. The van der Waals surface area contributed by atoms with Gasteiger partial charge in [-0.05, 0) is 48.0 Å². The molecule has 0 aliphatic rings. The number of rotatable bonds is 6. The van der Waals surface area contributed by atoms with Crippen LogP contribution in [-0.2, 0) is 11.4 Å². The second kappa shape index (κ2) is 9.34. The summed E-state index contributed by atoms with van der Waals surface area (Å²) < 4.78 is 20.6. The summed E-state index contributed by atoms with van der Waals surface area (Å²) >= 11 is 3.42. The molecule has 0 aliphatic heterocycles. The number of para-hydroxylation sites is 1. The number of nitrogens with one attached hydrogen (secondary N) is 2. The third-order valence-electron chi connectivity index (χ3n) is 3.95. The lowest BCUT2D eigenvalue weighted by atomic mass is 10.1. The molecule has 0 saturated carbocycles. The SMILES string of the molecule is CC(=O)Nc1cc(NC(=O)c2ccccc2OCc2cccc(Br)c2)ccc1F. The van der Waals surface area contributed by atoms with E-state index in [9.17, 15) is 14.0 Å². The zero-order valence-corrected chi connectivity index (χ0v) is 17.1. The Bertz CT molecular complexity index is 1060. The molecule has 0 saturated heterocycles. The standard InChI is InChI=1S/C22H18BrFN2O3/c1-14(27)25-20-12-17(9-10-19(20)24)26-22(28)18-7-2-3-8-21(18)29-13-15-5-4-6-16(23)11-15/h2-12H,13H2,1H3,(H,25,27)(H,26,28). The van der Waals surface area contributed by atoms with Gasteiger partial charge in [0.05, 0.1) is 11.3 Å². The Morgan fingerprint density at radius 2 is 1.79 bits per heavy atom. The number of carbonyl (C=O) groups is 2.